The molecule has 0 aromatic carbocycles. The average molecular weight is 411 g/mol. The largest absolute Gasteiger partial charge is 0.460 e. The van der Waals surface area contributed by atoms with Crippen LogP contribution in [-0.2, 0) is 10.3 Å². The number of methoxy groups -OCH3 is 1. The summed E-state index contributed by atoms with van der Waals surface area (Å²) in [5.41, 5.74) is -1.98. The Morgan fingerprint density at radius 2 is 1.83 bits per heavy atom. The Hall–Kier alpha value is -2.82. The van der Waals surface area contributed by atoms with Gasteiger partial charge in [0, 0.05) is 25.1 Å². The van der Waals surface area contributed by atoms with E-state index in [1.807, 2.05) is 0 Å². The number of fused-ring (bicyclic) bond motifs is 1. The molecule has 0 unspecified atom stereocenters. The lowest BCUT2D eigenvalue weighted by Gasteiger charge is -2.28. The summed E-state index contributed by atoms with van der Waals surface area (Å²) in [4.78, 5) is 7.93. The standard InChI is InChI=1S/C18H17F4N5O2/c1-16(2,18(20,21)22)29-14-11(19)6-10(7-24-14)12-9-27-13(8-23-12)25-26-15(27)17(28-3)4-5-17/h6-9H,4-5H2,1-3H3. The van der Waals surface area contributed by atoms with Gasteiger partial charge >= 0.3 is 6.18 Å². The fourth-order valence-electron chi connectivity index (χ4n) is 2.83. The van der Waals surface area contributed by atoms with Gasteiger partial charge in [0.2, 0.25) is 0 Å². The maximum Gasteiger partial charge on any atom is 0.427 e. The van der Waals surface area contributed by atoms with Gasteiger partial charge in [-0.2, -0.15) is 13.2 Å². The van der Waals surface area contributed by atoms with Crippen molar-refractivity contribution in [1.29, 1.82) is 0 Å². The SMILES string of the molecule is COC1(c2nnc3cnc(-c4cnc(OC(C)(C)C(F)(F)F)c(F)c4)cn23)CC1. The number of nitrogens with zero attached hydrogens (tertiary/aromatic N) is 5. The van der Waals surface area contributed by atoms with Gasteiger partial charge in [0.15, 0.2) is 22.9 Å². The van der Waals surface area contributed by atoms with Gasteiger partial charge in [0.25, 0.3) is 5.88 Å². The second-order valence-electron chi connectivity index (χ2n) is 7.34. The van der Waals surface area contributed by atoms with Crippen molar-refractivity contribution in [3.05, 3.63) is 36.3 Å². The molecule has 0 radical (unpaired) electrons. The van der Waals surface area contributed by atoms with Crippen molar-refractivity contribution in [2.45, 2.75) is 44.1 Å². The molecule has 3 aromatic rings. The van der Waals surface area contributed by atoms with Crippen molar-refractivity contribution < 1.29 is 27.0 Å². The summed E-state index contributed by atoms with van der Waals surface area (Å²) in [5, 5.41) is 8.22. The minimum Gasteiger partial charge on any atom is -0.460 e. The van der Waals surface area contributed by atoms with E-state index in [1.54, 1.807) is 17.7 Å². The molecule has 0 saturated heterocycles. The molecule has 11 heteroatoms. The molecule has 1 aliphatic rings. The Bertz CT molecular complexity index is 1080. The molecule has 4 rings (SSSR count). The molecule has 0 bridgehead atoms. The Kier molecular flexibility index (Phi) is 4.26. The first-order chi connectivity index (χ1) is 13.6. The van der Waals surface area contributed by atoms with E-state index in [4.69, 9.17) is 9.47 Å². The zero-order valence-corrected chi connectivity index (χ0v) is 15.8. The number of alkyl halides is 3. The Morgan fingerprint density at radius 1 is 1.10 bits per heavy atom. The maximum absolute atomic E-state index is 14.4. The summed E-state index contributed by atoms with van der Waals surface area (Å²) in [5.74, 6) is -1.15. The van der Waals surface area contributed by atoms with Gasteiger partial charge in [-0.05, 0) is 32.8 Å². The molecule has 0 spiro atoms. The number of pyridine rings is 1. The highest BCUT2D eigenvalue weighted by molar-refractivity contribution is 5.59. The third-order valence-corrected chi connectivity index (χ3v) is 4.93. The molecule has 1 saturated carbocycles. The third-order valence-electron chi connectivity index (χ3n) is 4.93. The topological polar surface area (TPSA) is 74.4 Å². The first kappa shape index (κ1) is 19.5. The minimum atomic E-state index is -4.68. The van der Waals surface area contributed by atoms with Gasteiger partial charge in [-0.15, -0.1) is 10.2 Å². The fourth-order valence-corrected chi connectivity index (χ4v) is 2.83. The van der Waals surface area contributed by atoms with Gasteiger partial charge in [0.05, 0.1) is 11.9 Å². The Labute approximate surface area is 162 Å². The molecule has 0 aliphatic heterocycles. The van der Waals surface area contributed by atoms with Crippen molar-refractivity contribution in [2.24, 2.45) is 0 Å². The van der Waals surface area contributed by atoms with Gasteiger partial charge in [-0.3, -0.25) is 9.38 Å². The first-order valence-corrected chi connectivity index (χ1v) is 8.74. The smallest absolute Gasteiger partial charge is 0.427 e. The van der Waals surface area contributed by atoms with Crippen LogP contribution in [0.3, 0.4) is 0 Å². The second kappa shape index (κ2) is 6.34. The fraction of sp³-hybridized carbons (Fsp3) is 0.444. The zero-order chi connectivity index (χ0) is 21.0. The highest BCUT2D eigenvalue weighted by atomic mass is 19.4. The molecule has 0 atom stereocenters. The van der Waals surface area contributed by atoms with Crippen LogP contribution in [0.1, 0.15) is 32.5 Å². The molecule has 7 nitrogen and oxygen atoms in total. The lowest BCUT2D eigenvalue weighted by Crippen LogP contribution is -2.45. The number of hydrogen-bond donors (Lipinski definition) is 0. The summed E-state index contributed by atoms with van der Waals surface area (Å²) in [6.07, 6.45) is 1.20. The number of halogens is 4. The van der Waals surface area contributed by atoms with Crippen molar-refractivity contribution in [1.82, 2.24) is 24.6 Å². The molecule has 0 N–H and O–H groups in total. The molecule has 0 amide bonds. The van der Waals surface area contributed by atoms with Crippen LogP contribution >= 0.6 is 0 Å². The van der Waals surface area contributed by atoms with E-state index in [1.165, 1.54) is 12.4 Å². The number of rotatable bonds is 5. The van der Waals surface area contributed by atoms with Crippen LogP contribution in [0, 0.1) is 5.82 Å². The first-order valence-electron chi connectivity index (χ1n) is 8.74. The van der Waals surface area contributed by atoms with Crippen LogP contribution in [0.5, 0.6) is 5.88 Å². The van der Waals surface area contributed by atoms with Gasteiger partial charge < -0.3 is 9.47 Å². The zero-order valence-electron chi connectivity index (χ0n) is 15.8. The predicted molar refractivity (Wildman–Crippen MR) is 92.7 cm³/mol. The highest BCUT2D eigenvalue weighted by Crippen LogP contribution is 2.47. The molecular weight excluding hydrogens is 394 g/mol. The molecule has 3 aromatic heterocycles. The van der Waals surface area contributed by atoms with Crippen LogP contribution in [0.2, 0.25) is 0 Å². The summed E-state index contributed by atoms with van der Waals surface area (Å²) in [7, 11) is 1.59. The molecule has 3 heterocycles. The van der Waals surface area contributed by atoms with E-state index >= 15 is 0 Å². The Morgan fingerprint density at radius 3 is 2.41 bits per heavy atom. The van der Waals surface area contributed by atoms with Crippen LogP contribution < -0.4 is 4.74 Å². The highest BCUT2D eigenvalue weighted by Gasteiger charge is 2.50. The van der Waals surface area contributed by atoms with E-state index in [2.05, 4.69) is 20.2 Å². The Balaban J connectivity index is 1.68. The van der Waals surface area contributed by atoms with Crippen LogP contribution in [-0.4, -0.2) is 43.5 Å². The lowest BCUT2D eigenvalue weighted by molar-refractivity contribution is -0.235. The van der Waals surface area contributed by atoms with Crippen LogP contribution in [0.4, 0.5) is 17.6 Å². The number of aromatic nitrogens is 5. The number of ether oxygens (including phenoxy) is 2. The maximum atomic E-state index is 14.4. The molecule has 29 heavy (non-hydrogen) atoms. The second-order valence-corrected chi connectivity index (χ2v) is 7.34. The third kappa shape index (κ3) is 3.28. The van der Waals surface area contributed by atoms with Crippen LogP contribution in [0.15, 0.2) is 24.7 Å². The van der Waals surface area contributed by atoms with Gasteiger partial charge in [-0.1, -0.05) is 0 Å². The van der Waals surface area contributed by atoms with Crippen molar-refractivity contribution >= 4 is 5.65 Å². The van der Waals surface area contributed by atoms with Crippen molar-refractivity contribution in [2.75, 3.05) is 7.11 Å². The quantitative estimate of drug-likeness (QED) is 0.597. The van der Waals surface area contributed by atoms with Gasteiger partial charge in [-0.25, -0.2) is 9.37 Å². The molecule has 1 aliphatic carbocycles. The summed E-state index contributed by atoms with van der Waals surface area (Å²) >= 11 is 0. The monoisotopic (exact) mass is 411 g/mol. The van der Waals surface area contributed by atoms with E-state index in [9.17, 15) is 17.6 Å². The van der Waals surface area contributed by atoms with E-state index < -0.39 is 29.1 Å². The summed E-state index contributed by atoms with van der Waals surface area (Å²) in [6.45, 7) is 1.60. The molecule has 154 valence electrons. The summed E-state index contributed by atoms with van der Waals surface area (Å²) in [6, 6.07) is 1.02. The lowest BCUT2D eigenvalue weighted by atomic mass is 10.1. The molecular formula is C18H17F4N5O2. The number of hydrogen-bond acceptors (Lipinski definition) is 6. The average Bonchev–Trinajstić information content (AvgIpc) is 3.33. The van der Waals surface area contributed by atoms with E-state index in [0.717, 1.165) is 32.8 Å². The normalized spacial score (nSPS) is 16.2. The van der Waals surface area contributed by atoms with Crippen molar-refractivity contribution in [3.8, 4) is 17.1 Å². The van der Waals surface area contributed by atoms with Crippen LogP contribution in [0.25, 0.3) is 16.9 Å². The van der Waals surface area contributed by atoms with E-state index in [-0.39, 0.29) is 5.56 Å². The van der Waals surface area contributed by atoms with Gasteiger partial charge in [0.1, 0.15) is 5.60 Å². The molecule has 1 fully saturated rings. The van der Waals surface area contributed by atoms with Crippen molar-refractivity contribution in [3.63, 3.8) is 0 Å². The predicted octanol–water partition coefficient (Wildman–Crippen LogP) is 3.68. The van der Waals surface area contributed by atoms with E-state index in [0.29, 0.717) is 17.2 Å². The summed E-state index contributed by atoms with van der Waals surface area (Å²) < 4.78 is 65.3. The minimum absolute atomic E-state index is 0.267.